The topological polar surface area (TPSA) is 61.8 Å². The molecule has 3 aliphatic heterocycles. The first-order chi connectivity index (χ1) is 11.1. The molecule has 120 valence electrons. The van der Waals surface area contributed by atoms with Gasteiger partial charge in [-0.25, -0.2) is 4.39 Å². The van der Waals surface area contributed by atoms with Gasteiger partial charge in [-0.15, -0.1) is 0 Å². The van der Waals surface area contributed by atoms with Crippen molar-refractivity contribution in [3.63, 3.8) is 0 Å². The average molecular weight is 316 g/mol. The number of amides is 1. The Bertz CT molecular complexity index is 733. The number of allylic oxidation sites excluding steroid dienone is 1. The SMILES string of the molecule is O=C1Nc2cc(F)ccc2/C1=C1/C=C(N2CCC(O)CC2)CO1. The minimum atomic E-state index is -0.384. The third kappa shape index (κ3) is 2.49. The minimum absolute atomic E-state index is 0.227. The molecule has 6 heteroatoms. The molecular weight excluding hydrogens is 299 g/mol. The van der Waals surface area contributed by atoms with Crippen molar-refractivity contribution in [2.45, 2.75) is 18.9 Å². The van der Waals surface area contributed by atoms with Gasteiger partial charge in [-0.1, -0.05) is 0 Å². The van der Waals surface area contributed by atoms with Gasteiger partial charge in [0.2, 0.25) is 0 Å². The second kappa shape index (κ2) is 5.38. The summed E-state index contributed by atoms with van der Waals surface area (Å²) >= 11 is 0. The predicted molar refractivity (Wildman–Crippen MR) is 82.8 cm³/mol. The quantitative estimate of drug-likeness (QED) is 0.777. The fourth-order valence-electron chi connectivity index (χ4n) is 3.26. The Kier molecular flexibility index (Phi) is 3.34. The zero-order valence-electron chi connectivity index (χ0n) is 12.5. The highest BCUT2D eigenvalue weighted by Gasteiger charge is 2.31. The number of aliphatic hydroxyl groups is 1. The second-order valence-corrected chi connectivity index (χ2v) is 6.03. The van der Waals surface area contributed by atoms with Gasteiger partial charge >= 0.3 is 0 Å². The second-order valence-electron chi connectivity index (χ2n) is 6.03. The van der Waals surface area contributed by atoms with Crippen molar-refractivity contribution in [1.29, 1.82) is 0 Å². The molecule has 0 atom stereocenters. The normalized spacial score (nSPS) is 24.3. The molecule has 23 heavy (non-hydrogen) atoms. The number of benzene rings is 1. The molecule has 1 aromatic rings. The summed E-state index contributed by atoms with van der Waals surface area (Å²) in [5.74, 6) is -0.133. The number of rotatable bonds is 1. The van der Waals surface area contributed by atoms with Gasteiger partial charge in [-0.2, -0.15) is 0 Å². The number of fused-ring (bicyclic) bond motifs is 1. The van der Waals surface area contributed by atoms with Gasteiger partial charge in [-0.3, -0.25) is 4.79 Å². The lowest BCUT2D eigenvalue weighted by Gasteiger charge is -2.31. The summed E-state index contributed by atoms with van der Waals surface area (Å²) in [6.07, 6.45) is 3.14. The van der Waals surface area contributed by atoms with Gasteiger partial charge in [-0.05, 0) is 31.0 Å². The molecule has 3 aliphatic rings. The average Bonchev–Trinajstić information content (AvgIpc) is 3.11. The highest BCUT2D eigenvalue weighted by molar-refractivity contribution is 6.32. The first kappa shape index (κ1) is 14.3. The van der Waals surface area contributed by atoms with Crippen molar-refractivity contribution in [3.8, 4) is 0 Å². The lowest BCUT2D eigenvalue weighted by atomic mass is 10.1. The van der Waals surface area contributed by atoms with Crippen LogP contribution in [0.3, 0.4) is 0 Å². The van der Waals surface area contributed by atoms with E-state index in [1.54, 1.807) is 6.07 Å². The molecule has 1 fully saturated rings. The number of piperidine rings is 1. The van der Waals surface area contributed by atoms with Crippen LogP contribution in [0.4, 0.5) is 10.1 Å². The Hall–Kier alpha value is -2.34. The number of nitrogens with zero attached hydrogens (tertiary/aromatic N) is 1. The third-order valence-electron chi connectivity index (χ3n) is 4.52. The van der Waals surface area contributed by atoms with Crippen LogP contribution in [0.15, 0.2) is 35.7 Å². The monoisotopic (exact) mass is 316 g/mol. The van der Waals surface area contributed by atoms with Gasteiger partial charge in [0.25, 0.3) is 5.91 Å². The first-order valence-corrected chi connectivity index (χ1v) is 7.74. The molecule has 0 unspecified atom stereocenters. The first-order valence-electron chi connectivity index (χ1n) is 7.74. The summed E-state index contributed by atoms with van der Waals surface area (Å²) in [4.78, 5) is 14.4. The number of carbonyl (C=O) groups is 1. The molecule has 0 spiro atoms. The van der Waals surface area contributed by atoms with Gasteiger partial charge in [0.05, 0.1) is 23.1 Å². The zero-order valence-corrected chi connectivity index (χ0v) is 12.5. The maximum absolute atomic E-state index is 13.3. The van der Waals surface area contributed by atoms with Crippen LogP contribution in [-0.2, 0) is 9.53 Å². The Morgan fingerprint density at radius 2 is 2.09 bits per heavy atom. The van der Waals surface area contributed by atoms with Gasteiger partial charge in [0, 0.05) is 24.7 Å². The number of halogens is 1. The van der Waals surface area contributed by atoms with Crippen molar-refractivity contribution in [2.24, 2.45) is 0 Å². The summed E-state index contributed by atoms with van der Waals surface area (Å²) < 4.78 is 19.0. The summed E-state index contributed by atoms with van der Waals surface area (Å²) in [7, 11) is 0. The molecule has 0 saturated carbocycles. The fraction of sp³-hybridized carbons (Fsp3) is 0.353. The van der Waals surface area contributed by atoms with Crippen molar-refractivity contribution < 1.29 is 19.0 Å². The van der Waals surface area contributed by atoms with Crippen LogP contribution in [0.2, 0.25) is 0 Å². The van der Waals surface area contributed by atoms with Crippen LogP contribution in [0.25, 0.3) is 5.57 Å². The van der Waals surface area contributed by atoms with E-state index in [2.05, 4.69) is 10.2 Å². The number of hydrogen-bond donors (Lipinski definition) is 2. The summed E-state index contributed by atoms with van der Waals surface area (Å²) in [5.41, 5.74) is 2.61. The van der Waals surface area contributed by atoms with E-state index in [4.69, 9.17) is 4.74 Å². The van der Waals surface area contributed by atoms with E-state index in [1.165, 1.54) is 12.1 Å². The predicted octanol–water partition coefficient (Wildman–Crippen LogP) is 1.86. The molecule has 0 aliphatic carbocycles. The van der Waals surface area contributed by atoms with Gasteiger partial charge < -0.3 is 20.1 Å². The van der Waals surface area contributed by atoms with Crippen LogP contribution in [0.1, 0.15) is 18.4 Å². The van der Waals surface area contributed by atoms with E-state index in [0.29, 0.717) is 29.2 Å². The molecular formula is C17H17FN2O3. The van der Waals surface area contributed by atoms with Crippen molar-refractivity contribution in [1.82, 2.24) is 4.90 Å². The molecule has 0 aromatic heterocycles. The molecule has 4 rings (SSSR count). The summed E-state index contributed by atoms with van der Waals surface area (Å²) in [5, 5.41) is 12.3. The molecule has 1 amide bonds. The van der Waals surface area contributed by atoms with Crippen molar-refractivity contribution in [3.05, 3.63) is 47.1 Å². The largest absolute Gasteiger partial charge is 0.486 e. The lowest BCUT2D eigenvalue weighted by molar-refractivity contribution is -0.110. The molecule has 1 aromatic carbocycles. The van der Waals surface area contributed by atoms with Crippen LogP contribution < -0.4 is 5.32 Å². The standard InChI is InChI=1S/C17H17FN2O3/c18-10-1-2-13-14(7-10)19-17(22)16(13)15-8-11(9-23-15)20-5-3-12(21)4-6-20/h1-2,7-8,12,21H,3-6,9H2,(H,19,22)/b16-15+. The van der Waals surface area contributed by atoms with Crippen molar-refractivity contribution >= 4 is 17.2 Å². The highest BCUT2D eigenvalue weighted by atomic mass is 19.1. The summed E-state index contributed by atoms with van der Waals surface area (Å²) in [6.45, 7) is 1.98. The molecule has 0 radical (unpaired) electrons. The van der Waals surface area contributed by atoms with Gasteiger partial charge in [0.1, 0.15) is 18.2 Å². The van der Waals surface area contributed by atoms with E-state index in [9.17, 15) is 14.3 Å². The van der Waals surface area contributed by atoms with E-state index in [-0.39, 0.29) is 17.8 Å². The molecule has 2 N–H and O–H groups in total. The highest BCUT2D eigenvalue weighted by Crippen LogP contribution is 2.37. The number of carbonyl (C=O) groups excluding carboxylic acids is 1. The zero-order chi connectivity index (χ0) is 16.0. The Balaban J connectivity index is 1.66. The maximum Gasteiger partial charge on any atom is 0.260 e. The van der Waals surface area contributed by atoms with Crippen LogP contribution in [0.5, 0.6) is 0 Å². The van der Waals surface area contributed by atoms with E-state index in [1.807, 2.05) is 6.08 Å². The number of aliphatic hydroxyl groups excluding tert-OH is 1. The van der Waals surface area contributed by atoms with E-state index in [0.717, 1.165) is 31.6 Å². The van der Waals surface area contributed by atoms with Gasteiger partial charge in [0.15, 0.2) is 0 Å². The summed E-state index contributed by atoms with van der Waals surface area (Å²) in [6, 6.07) is 4.25. The molecule has 1 saturated heterocycles. The lowest BCUT2D eigenvalue weighted by Crippen LogP contribution is -2.35. The van der Waals surface area contributed by atoms with E-state index >= 15 is 0 Å². The number of likely N-dealkylation sites (tertiary alicyclic amines) is 1. The Morgan fingerprint density at radius 1 is 1.30 bits per heavy atom. The van der Waals surface area contributed by atoms with Crippen LogP contribution >= 0.6 is 0 Å². The maximum atomic E-state index is 13.3. The van der Waals surface area contributed by atoms with Crippen molar-refractivity contribution in [2.75, 3.05) is 25.0 Å². The Morgan fingerprint density at radius 3 is 2.87 bits per heavy atom. The smallest absolute Gasteiger partial charge is 0.260 e. The van der Waals surface area contributed by atoms with Crippen LogP contribution in [0, 0.1) is 5.82 Å². The van der Waals surface area contributed by atoms with E-state index < -0.39 is 0 Å². The number of nitrogens with one attached hydrogen (secondary N) is 1. The molecule has 5 nitrogen and oxygen atoms in total. The third-order valence-corrected chi connectivity index (χ3v) is 4.52. The minimum Gasteiger partial charge on any atom is -0.486 e. The Labute approximate surface area is 133 Å². The fourth-order valence-corrected chi connectivity index (χ4v) is 3.26. The number of hydrogen-bond acceptors (Lipinski definition) is 4. The number of ether oxygens (including phenoxy) is 1. The molecule has 3 heterocycles. The number of anilines is 1. The van der Waals surface area contributed by atoms with Crippen LogP contribution in [-0.4, -0.2) is 41.7 Å². The molecule has 0 bridgehead atoms.